The summed E-state index contributed by atoms with van der Waals surface area (Å²) < 4.78 is 25.2. The number of ether oxygens (including phenoxy) is 2. The van der Waals surface area contributed by atoms with Gasteiger partial charge in [-0.05, 0) is 19.1 Å². The van der Waals surface area contributed by atoms with Gasteiger partial charge in [0, 0.05) is 12.1 Å². The van der Waals surface area contributed by atoms with Crippen LogP contribution in [-0.4, -0.2) is 29.2 Å². The first-order valence-electron chi connectivity index (χ1n) is 5.68. The molecule has 1 N–H and O–H groups in total. The highest BCUT2D eigenvalue weighted by atomic mass is 32.1. The van der Waals surface area contributed by atoms with Crippen LogP contribution in [0.15, 0.2) is 12.1 Å². The van der Waals surface area contributed by atoms with Crippen LogP contribution in [0, 0.1) is 10.6 Å². The van der Waals surface area contributed by atoms with E-state index in [4.69, 9.17) is 21.7 Å². The van der Waals surface area contributed by atoms with Crippen LogP contribution >= 0.6 is 12.2 Å². The number of nitrogens with one attached hydrogen (secondary N) is 1. The second-order valence-corrected chi connectivity index (χ2v) is 4.21. The molecule has 1 heterocycles. The molecule has 2 rings (SSSR count). The van der Waals surface area contributed by atoms with E-state index in [1.807, 2.05) is 0 Å². The second-order valence-electron chi connectivity index (χ2n) is 3.83. The van der Waals surface area contributed by atoms with Crippen molar-refractivity contribution in [2.45, 2.75) is 13.5 Å². The van der Waals surface area contributed by atoms with Gasteiger partial charge in [-0.2, -0.15) is 0 Å². The first-order chi connectivity index (χ1) is 9.06. The molecule has 2 aromatic rings. The van der Waals surface area contributed by atoms with E-state index in [2.05, 4.69) is 4.98 Å². The number of fused-ring (bicyclic) bond motifs is 1. The molecular formula is C12H13FN2O3S. The highest BCUT2D eigenvalue weighted by Gasteiger charge is 2.13. The van der Waals surface area contributed by atoms with E-state index in [-0.39, 0.29) is 12.3 Å². The number of carbonyl (C=O) groups is 1. The maximum atomic E-state index is 13.6. The Kier molecular flexibility index (Phi) is 3.84. The van der Waals surface area contributed by atoms with Crippen molar-refractivity contribution in [2.75, 3.05) is 13.7 Å². The van der Waals surface area contributed by atoms with E-state index in [9.17, 15) is 9.18 Å². The Labute approximate surface area is 113 Å². The average Bonchev–Trinajstić information content (AvgIpc) is 2.64. The lowest BCUT2D eigenvalue weighted by atomic mass is 10.3. The van der Waals surface area contributed by atoms with Gasteiger partial charge in [-0.1, -0.05) is 0 Å². The fraction of sp³-hybridized carbons (Fsp3) is 0.333. The maximum absolute atomic E-state index is 13.6. The van der Waals surface area contributed by atoms with Gasteiger partial charge in [0.1, 0.15) is 6.54 Å². The van der Waals surface area contributed by atoms with Crippen LogP contribution in [0.2, 0.25) is 0 Å². The standard InChI is InChI=1S/C12H13FN2O3S/c1-3-18-11(16)6-15-9-5-10(17-2)7(13)4-8(9)14-12(15)19/h4-5H,3,6H2,1-2H3,(H,14,19). The molecule has 0 aliphatic rings. The molecule has 1 aromatic carbocycles. The van der Waals surface area contributed by atoms with E-state index in [0.29, 0.717) is 22.4 Å². The van der Waals surface area contributed by atoms with Gasteiger partial charge in [-0.25, -0.2) is 4.39 Å². The lowest BCUT2D eigenvalue weighted by Crippen LogP contribution is -2.13. The van der Waals surface area contributed by atoms with Gasteiger partial charge in [-0.15, -0.1) is 0 Å². The zero-order valence-corrected chi connectivity index (χ0v) is 11.3. The van der Waals surface area contributed by atoms with Gasteiger partial charge in [0.05, 0.1) is 24.8 Å². The SMILES string of the molecule is CCOC(=O)Cn1c(=S)[nH]c2cc(F)c(OC)cc21. The number of aromatic nitrogens is 2. The lowest BCUT2D eigenvalue weighted by molar-refractivity contribution is -0.143. The number of methoxy groups -OCH3 is 1. The number of rotatable bonds is 4. The first-order valence-corrected chi connectivity index (χ1v) is 6.09. The number of hydrogen-bond donors (Lipinski definition) is 1. The normalized spacial score (nSPS) is 10.7. The summed E-state index contributed by atoms with van der Waals surface area (Å²) in [5, 5.41) is 0. The molecule has 0 atom stereocenters. The number of benzene rings is 1. The molecule has 0 unspecified atom stereocenters. The maximum Gasteiger partial charge on any atom is 0.326 e. The summed E-state index contributed by atoms with van der Waals surface area (Å²) in [7, 11) is 1.38. The molecule has 0 radical (unpaired) electrons. The van der Waals surface area contributed by atoms with Crippen LogP contribution in [0.4, 0.5) is 4.39 Å². The molecule has 19 heavy (non-hydrogen) atoms. The van der Waals surface area contributed by atoms with Crippen molar-refractivity contribution in [1.29, 1.82) is 0 Å². The molecule has 0 fully saturated rings. The van der Waals surface area contributed by atoms with Gasteiger partial charge in [0.15, 0.2) is 16.3 Å². The predicted octanol–water partition coefficient (Wildman–Crippen LogP) is 2.41. The third-order valence-electron chi connectivity index (χ3n) is 2.64. The van der Waals surface area contributed by atoms with Crippen molar-refractivity contribution in [3.63, 3.8) is 0 Å². The van der Waals surface area contributed by atoms with Gasteiger partial charge in [0.25, 0.3) is 0 Å². The van der Waals surface area contributed by atoms with Crippen LogP contribution in [0.25, 0.3) is 11.0 Å². The molecule has 0 bridgehead atoms. The van der Waals surface area contributed by atoms with Crippen molar-refractivity contribution in [3.8, 4) is 5.75 Å². The zero-order chi connectivity index (χ0) is 14.0. The summed E-state index contributed by atoms with van der Waals surface area (Å²) in [5.74, 6) is -0.795. The number of imidazole rings is 1. The molecule has 0 saturated carbocycles. The summed E-state index contributed by atoms with van der Waals surface area (Å²) in [4.78, 5) is 14.4. The topological polar surface area (TPSA) is 56.2 Å². The molecule has 7 heteroatoms. The monoisotopic (exact) mass is 284 g/mol. The highest BCUT2D eigenvalue weighted by molar-refractivity contribution is 7.71. The van der Waals surface area contributed by atoms with Gasteiger partial charge in [-0.3, -0.25) is 4.79 Å². The fourth-order valence-corrected chi connectivity index (χ4v) is 2.08. The van der Waals surface area contributed by atoms with Crippen LogP contribution in [0.3, 0.4) is 0 Å². The van der Waals surface area contributed by atoms with Crippen LogP contribution < -0.4 is 4.74 Å². The molecular weight excluding hydrogens is 271 g/mol. The number of nitrogens with zero attached hydrogens (tertiary/aromatic N) is 1. The Morgan fingerprint density at radius 3 is 2.89 bits per heavy atom. The summed E-state index contributed by atoms with van der Waals surface area (Å²) in [5.41, 5.74) is 1.10. The minimum atomic E-state index is -0.491. The van der Waals surface area contributed by atoms with E-state index in [0.717, 1.165) is 0 Å². The molecule has 5 nitrogen and oxygen atoms in total. The summed E-state index contributed by atoms with van der Waals surface area (Å²) >= 11 is 5.11. The minimum Gasteiger partial charge on any atom is -0.494 e. The third-order valence-corrected chi connectivity index (χ3v) is 2.96. The summed E-state index contributed by atoms with van der Waals surface area (Å²) in [6, 6.07) is 2.78. The molecule has 0 aliphatic carbocycles. The predicted molar refractivity (Wildman–Crippen MR) is 70.3 cm³/mol. The number of esters is 1. The lowest BCUT2D eigenvalue weighted by Gasteiger charge is -2.06. The van der Waals surface area contributed by atoms with Crippen LogP contribution in [0.1, 0.15) is 6.92 Å². The highest BCUT2D eigenvalue weighted by Crippen LogP contribution is 2.24. The number of H-pyrrole nitrogens is 1. The van der Waals surface area contributed by atoms with E-state index in [1.165, 1.54) is 19.2 Å². The first kappa shape index (κ1) is 13.5. The molecule has 0 saturated heterocycles. The van der Waals surface area contributed by atoms with Crippen LogP contribution in [0.5, 0.6) is 5.75 Å². The van der Waals surface area contributed by atoms with E-state index >= 15 is 0 Å². The van der Waals surface area contributed by atoms with E-state index < -0.39 is 11.8 Å². The average molecular weight is 284 g/mol. The Bertz CT molecular complexity index is 677. The molecule has 0 amide bonds. The number of aromatic amines is 1. The molecule has 1 aromatic heterocycles. The quantitative estimate of drug-likeness (QED) is 0.692. The van der Waals surface area contributed by atoms with E-state index in [1.54, 1.807) is 11.5 Å². The van der Waals surface area contributed by atoms with Crippen molar-refractivity contribution >= 4 is 29.2 Å². The van der Waals surface area contributed by atoms with Crippen LogP contribution in [-0.2, 0) is 16.1 Å². The number of carbonyl (C=O) groups excluding carboxylic acids is 1. The molecule has 0 aliphatic heterocycles. The zero-order valence-electron chi connectivity index (χ0n) is 10.5. The smallest absolute Gasteiger partial charge is 0.326 e. The Morgan fingerprint density at radius 2 is 2.26 bits per heavy atom. The number of halogens is 1. The molecule has 102 valence electrons. The fourth-order valence-electron chi connectivity index (χ4n) is 1.81. The summed E-state index contributed by atoms with van der Waals surface area (Å²) in [6.45, 7) is 2.00. The number of hydrogen-bond acceptors (Lipinski definition) is 4. The van der Waals surface area contributed by atoms with Crippen molar-refractivity contribution in [2.24, 2.45) is 0 Å². The Morgan fingerprint density at radius 1 is 1.53 bits per heavy atom. The molecule has 0 spiro atoms. The second kappa shape index (κ2) is 5.40. The Hall–Kier alpha value is -1.89. The summed E-state index contributed by atoms with van der Waals surface area (Å²) in [6.07, 6.45) is 0. The van der Waals surface area contributed by atoms with Gasteiger partial charge in [0.2, 0.25) is 0 Å². The largest absolute Gasteiger partial charge is 0.494 e. The van der Waals surface area contributed by atoms with Gasteiger partial charge >= 0.3 is 5.97 Å². The Balaban J connectivity index is 2.51. The van der Waals surface area contributed by atoms with Crippen molar-refractivity contribution in [3.05, 3.63) is 22.7 Å². The van der Waals surface area contributed by atoms with Crippen molar-refractivity contribution < 1.29 is 18.7 Å². The third kappa shape index (κ3) is 2.60. The minimum absolute atomic E-state index is 0.0263. The van der Waals surface area contributed by atoms with Crippen molar-refractivity contribution in [1.82, 2.24) is 9.55 Å². The van der Waals surface area contributed by atoms with Gasteiger partial charge < -0.3 is 19.0 Å².